The third kappa shape index (κ3) is 1.34. The van der Waals surface area contributed by atoms with E-state index in [9.17, 15) is 4.79 Å². The van der Waals surface area contributed by atoms with Crippen molar-refractivity contribution < 1.29 is 4.79 Å². The molecule has 1 aromatic heterocycles. The number of carbonyl (C=O) groups is 1. The molecular weight excluding hydrogens is 266 g/mol. The van der Waals surface area contributed by atoms with Gasteiger partial charge in [0.05, 0.1) is 11.2 Å². The van der Waals surface area contributed by atoms with E-state index in [1.165, 1.54) is 23.7 Å². The summed E-state index contributed by atoms with van der Waals surface area (Å²) in [6.07, 6.45) is 3.37. The molecule has 0 bridgehead atoms. The van der Waals surface area contributed by atoms with Gasteiger partial charge in [0.2, 0.25) is 0 Å². The lowest BCUT2D eigenvalue weighted by Crippen LogP contribution is -1.99. The number of hydrogen-bond acceptors (Lipinski definition) is 1. The van der Waals surface area contributed by atoms with Crippen molar-refractivity contribution in [3.63, 3.8) is 0 Å². The fourth-order valence-corrected chi connectivity index (χ4v) is 2.69. The highest BCUT2D eigenvalue weighted by molar-refractivity contribution is 9.10. The minimum absolute atomic E-state index is 0.533. The molecule has 1 heterocycles. The number of aryl methyl sites for hydroxylation is 1. The Balaban J connectivity index is 2.41. The minimum atomic E-state index is 0.533. The van der Waals surface area contributed by atoms with Gasteiger partial charge < -0.3 is 4.57 Å². The third-order valence-corrected chi connectivity index (χ3v) is 3.78. The molecule has 0 N–H and O–H groups in total. The van der Waals surface area contributed by atoms with Gasteiger partial charge in [0.1, 0.15) is 0 Å². The third-order valence-electron chi connectivity index (χ3n) is 3.29. The van der Waals surface area contributed by atoms with Gasteiger partial charge in [-0.1, -0.05) is 22.0 Å². The Bertz CT molecular complexity index is 581. The molecule has 1 fully saturated rings. The first-order valence-corrected chi connectivity index (χ1v) is 6.27. The Hall–Kier alpha value is -1.09. The van der Waals surface area contributed by atoms with Gasteiger partial charge in [0.15, 0.2) is 6.29 Å². The molecule has 0 atom stereocenters. The van der Waals surface area contributed by atoms with E-state index in [2.05, 4.69) is 32.6 Å². The zero-order valence-electron chi connectivity index (χ0n) is 9.03. The van der Waals surface area contributed by atoms with Crippen LogP contribution in [0.25, 0.3) is 10.9 Å². The van der Waals surface area contributed by atoms with E-state index in [0.717, 1.165) is 22.0 Å². The molecule has 0 aliphatic heterocycles. The smallest absolute Gasteiger partial charge is 0.166 e. The summed E-state index contributed by atoms with van der Waals surface area (Å²) < 4.78 is 3.26. The number of nitrogens with zero attached hydrogens (tertiary/aromatic N) is 1. The fraction of sp³-hybridized carbons (Fsp3) is 0.308. The van der Waals surface area contributed by atoms with E-state index in [-0.39, 0.29) is 0 Å². The van der Waals surface area contributed by atoms with Gasteiger partial charge in [-0.15, -0.1) is 0 Å². The fourth-order valence-electron chi connectivity index (χ4n) is 2.34. The zero-order valence-corrected chi connectivity index (χ0v) is 10.6. The van der Waals surface area contributed by atoms with E-state index < -0.39 is 0 Å². The molecule has 3 rings (SSSR count). The molecule has 0 spiro atoms. The average molecular weight is 278 g/mol. The first kappa shape index (κ1) is 10.1. The first-order valence-electron chi connectivity index (χ1n) is 5.47. The lowest BCUT2D eigenvalue weighted by molar-refractivity contribution is 0.111. The standard InChI is InChI=1S/C13H12BrNO/c1-8-11-5-2-9(14)6-12(11)15(10-3-4-10)13(8)7-16/h2,5-7,10H,3-4H2,1H3. The highest BCUT2D eigenvalue weighted by atomic mass is 79.9. The SMILES string of the molecule is Cc1c(C=O)n(C2CC2)c2cc(Br)ccc12. The summed E-state index contributed by atoms with van der Waals surface area (Å²) >= 11 is 3.49. The summed E-state index contributed by atoms with van der Waals surface area (Å²) in [5.74, 6) is 0. The van der Waals surface area contributed by atoms with Crippen molar-refractivity contribution >= 4 is 33.1 Å². The summed E-state index contributed by atoms with van der Waals surface area (Å²) in [6, 6.07) is 6.75. The molecule has 0 saturated heterocycles. The molecule has 1 aromatic carbocycles. The number of aromatic nitrogens is 1. The van der Waals surface area contributed by atoms with Crippen molar-refractivity contribution in [1.29, 1.82) is 0 Å². The van der Waals surface area contributed by atoms with Crippen LogP contribution in [0.5, 0.6) is 0 Å². The number of fused-ring (bicyclic) bond motifs is 1. The Labute approximate surface area is 102 Å². The van der Waals surface area contributed by atoms with Gasteiger partial charge in [0, 0.05) is 15.9 Å². The van der Waals surface area contributed by atoms with Crippen molar-refractivity contribution in [1.82, 2.24) is 4.57 Å². The minimum Gasteiger partial charge on any atom is -0.335 e. The lowest BCUT2D eigenvalue weighted by Gasteiger charge is -2.05. The number of carbonyl (C=O) groups excluding carboxylic acids is 1. The molecular formula is C13H12BrNO. The predicted molar refractivity (Wildman–Crippen MR) is 68.0 cm³/mol. The van der Waals surface area contributed by atoms with Crippen LogP contribution in [0.2, 0.25) is 0 Å². The Morgan fingerprint density at radius 3 is 2.81 bits per heavy atom. The average Bonchev–Trinajstić information content (AvgIpc) is 3.05. The summed E-state index contributed by atoms with van der Waals surface area (Å²) in [6.45, 7) is 2.03. The maximum atomic E-state index is 11.2. The van der Waals surface area contributed by atoms with Gasteiger partial charge in [0.25, 0.3) is 0 Å². The second-order valence-corrected chi connectivity index (χ2v) is 5.31. The van der Waals surface area contributed by atoms with Crippen molar-refractivity contribution in [2.24, 2.45) is 0 Å². The number of rotatable bonds is 2. The molecule has 0 unspecified atom stereocenters. The second-order valence-electron chi connectivity index (χ2n) is 4.39. The van der Waals surface area contributed by atoms with Crippen LogP contribution in [-0.2, 0) is 0 Å². The summed E-state index contributed by atoms with van der Waals surface area (Å²) in [4.78, 5) is 11.2. The molecule has 82 valence electrons. The quantitative estimate of drug-likeness (QED) is 0.764. The van der Waals surface area contributed by atoms with Gasteiger partial charge in [-0.2, -0.15) is 0 Å². The van der Waals surface area contributed by atoms with Crippen LogP contribution in [0.3, 0.4) is 0 Å². The van der Waals surface area contributed by atoms with E-state index in [1.807, 2.05) is 13.0 Å². The topological polar surface area (TPSA) is 22.0 Å². The van der Waals surface area contributed by atoms with Crippen LogP contribution < -0.4 is 0 Å². The van der Waals surface area contributed by atoms with Crippen LogP contribution in [-0.4, -0.2) is 10.9 Å². The van der Waals surface area contributed by atoms with Crippen LogP contribution in [0.4, 0.5) is 0 Å². The number of halogens is 1. The molecule has 0 radical (unpaired) electrons. The Kier molecular flexibility index (Phi) is 2.18. The van der Waals surface area contributed by atoms with Crippen molar-refractivity contribution in [3.05, 3.63) is 33.9 Å². The monoisotopic (exact) mass is 277 g/mol. The van der Waals surface area contributed by atoms with Crippen LogP contribution in [0.15, 0.2) is 22.7 Å². The van der Waals surface area contributed by atoms with E-state index in [4.69, 9.17) is 0 Å². The number of hydrogen-bond donors (Lipinski definition) is 0. The van der Waals surface area contributed by atoms with Crippen LogP contribution >= 0.6 is 15.9 Å². The van der Waals surface area contributed by atoms with Crippen molar-refractivity contribution in [2.75, 3.05) is 0 Å². The molecule has 16 heavy (non-hydrogen) atoms. The van der Waals surface area contributed by atoms with Gasteiger partial charge >= 0.3 is 0 Å². The van der Waals surface area contributed by atoms with Crippen LogP contribution in [0.1, 0.15) is 34.9 Å². The van der Waals surface area contributed by atoms with Gasteiger partial charge in [-0.25, -0.2) is 0 Å². The highest BCUT2D eigenvalue weighted by Crippen LogP contribution is 2.41. The Morgan fingerprint density at radius 2 is 2.19 bits per heavy atom. The first-order chi connectivity index (χ1) is 7.72. The highest BCUT2D eigenvalue weighted by Gasteiger charge is 2.28. The molecule has 3 heteroatoms. The maximum Gasteiger partial charge on any atom is 0.166 e. The molecule has 1 saturated carbocycles. The molecule has 2 nitrogen and oxygen atoms in total. The maximum absolute atomic E-state index is 11.2. The molecule has 1 aliphatic rings. The summed E-state index contributed by atoms with van der Waals surface area (Å²) in [5, 5.41) is 1.19. The Morgan fingerprint density at radius 1 is 1.44 bits per heavy atom. The second kappa shape index (κ2) is 3.45. The van der Waals surface area contributed by atoms with Crippen molar-refractivity contribution in [3.8, 4) is 0 Å². The predicted octanol–water partition coefficient (Wildman–Crippen LogP) is 3.86. The number of aldehydes is 1. The van der Waals surface area contributed by atoms with Crippen molar-refractivity contribution in [2.45, 2.75) is 25.8 Å². The summed E-state index contributed by atoms with van der Waals surface area (Å²) in [5.41, 5.74) is 3.12. The van der Waals surface area contributed by atoms with E-state index in [1.54, 1.807) is 0 Å². The summed E-state index contributed by atoms with van der Waals surface area (Å²) in [7, 11) is 0. The lowest BCUT2D eigenvalue weighted by atomic mass is 10.1. The largest absolute Gasteiger partial charge is 0.335 e. The molecule has 1 aliphatic carbocycles. The van der Waals surface area contributed by atoms with E-state index in [0.29, 0.717) is 6.04 Å². The van der Waals surface area contributed by atoms with Gasteiger partial charge in [-0.05, 0) is 37.5 Å². The van der Waals surface area contributed by atoms with Gasteiger partial charge in [-0.3, -0.25) is 4.79 Å². The van der Waals surface area contributed by atoms with Crippen LogP contribution in [0, 0.1) is 6.92 Å². The zero-order chi connectivity index (χ0) is 11.3. The number of benzene rings is 1. The normalized spacial score (nSPS) is 15.6. The molecule has 2 aromatic rings. The van der Waals surface area contributed by atoms with E-state index >= 15 is 0 Å². The molecule has 0 amide bonds.